The zero-order valence-corrected chi connectivity index (χ0v) is 14.7. The lowest BCUT2D eigenvalue weighted by Gasteiger charge is -2.37. The third-order valence-corrected chi connectivity index (χ3v) is 6.57. The molecule has 3 rings (SSSR count). The Balaban J connectivity index is 1.65. The Bertz CT molecular complexity index is 711. The minimum absolute atomic E-state index is 0.142. The Morgan fingerprint density at radius 2 is 2.09 bits per heavy atom. The van der Waals surface area contributed by atoms with Gasteiger partial charge in [0.25, 0.3) is 0 Å². The van der Waals surface area contributed by atoms with E-state index in [0.717, 1.165) is 16.3 Å². The van der Waals surface area contributed by atoms with E-state index in [-0.39, 0.29) is 10.8 Å². The van der Waals surface area contributed by atoms with Crippen molar-refractivity contribution in [1.29, 1.82) is 0 Å². The average Bonchev–Trinajstić information content (AvgIpc) is 3.05. The summed E-state index contributed by atoms with van der Waals surface area (Å²) in [6.45, 7) is 4.90. The third-order valence-electron chi connectivity index (χ3n) is 3.84. The van der Waals surface area contributed by atoms with Crippen LogP contribution >= 0.6 is 11.3 Å². The van der Waals surface area contributed by atoms with Crippen molar-refractivity contribution >= 4 is 33.9 Å². The van der Waals surface area contributed by atoms with E-state index in [4.69, 9.17) is 0 Å². The van der Waals surface area contributed by atoms with E-state index in [0.29, 0.717) is 18.8 Å². The van der Waals surface area contributed by atoms with Crippen molar-refractivity contribution in [1.82, 2.24) is 9.88 Å². The van der Waals surface area contributed by atoms with Crippen LogP contribution in [0.25, 0.3) is 10.6 Å². The number of hydrogen-bond acceptors (Lipinski definition) is 4. The summed E-state index contributed by atoms with van der Waals surface area (Å²) in [5.41, 5.74) is 1.78. The summed E-state index contributed by atoms with van der Waals surface area (Å²) < 4.78 is 11.6. The number of hydrogen-bond donors (Lipinski definition) is 1. The van der Waals surface area contributed by atoms with Gasteiger partial charge in [0.2, 0.25) is 0 Å². The number of benzene rings is 1. The molecule has 1 N–H and O–H groups in total. The van der Waals surface area contributed by atoms with E-state index >= 15 is 0 Å². The average molecular weight is 349 g/mol. The van der Waals surface area contributed by atoms with Crippen molar-refractivity contribution in [3.05, 3.63) is 35.8 Å². The number of carbonyl (C=O) groups excluding carboxylic acids is 1. The molecule has 1 aliphatic heterocycles. The minimum Gasteiger partial charge on any atom is -0.322 e. The molecule has 0 bridgehead atoms. The van der Waals surface area contributed by atoms with Crippen LogP contribution in [-0.2, 0) is 10.8 Å². The van der Waals surface area contributed by atoms with Crippen molar-refractivity contribution in [3.8, 4) is 10.6 Å². The van der Waals surface area contributed by atoms with Gasteiger partial charge in [0.1, 0.15) is 5.01 Å². The molecule has 1 aromatic heterocycles. The SMILES string of the molecule is CC1(C)CN(C(=O)Nc2ccc(-c3nccs3)cc2)CC[S@]1=O. The van der Waals surface area contributed by atoms with Gasteiger partial charge in [0.15, 0.2) is 0 Å². The quantitative estimate of drug-likeness (QED) is 0.906. The van der Waals surface area contributed by atoms with E-state index in [9.17, 15) is 9.00 Å². The highest BCUT2D eigenvalue weighted by atomic mass is 32.2. The van der Waals surface area contributed by atoms with Gasteiger partial charge in [0.05, 0.1) is 4.75 Å². The first-order valence-electron chi connectivity index (χ1n) is 7.40. The molecule has 122 valence electrons. The number of nitrogens with zero attached hydrogens (tertiary/aromatic N) is 2. The second-order valence-corrected chi connectivity index (χ2v) is 9.17. The summed E-state index contributed by atoms with van der Waals surface area (Å²) in [7, 11) is -0.882. The molecule has 1 aromatic carbocycles. The normalized spacial score (nSPS) is 20.3. The van der Waals surface area contributed by atoms with Crippen LogP contribution in [0, 0.1) is 0 Å². The first-order chi connectivity index (χ1) is 11.0. The Hall–Kier alpha value is -1.73. The van der Waals surface area contributed by atoms with Crippen LogP contribution in [0.4, 0.5) is 10.5 Å². The molecule has 5 nitrogen and oxygen atoms in total. The largest absolute Gasteiger partial charge is 0.322 e. The lowest BCUT2D eigenvalue weighted by Crippen LogP contribution is -2.53. The van der Waals surface area contributed by atoms with E-state index in [2.05, 4.69) is 10.3 Å². The molecule has 0 unspecified atom stereocenters. The van der Waals surface area contributed by atoms with Gasteiger partial charge < -0.3 is 10.2 Å². The van der Waals surface area contributed by atoms with Crippen molar-refractivity contribution in [2.24, 2.45) is 0 Å². The smallest absolute Gasteiger partial charge is 0.321 e. The standard InChI is InChI=1S/C16H19N3O2S2/c1-16(2)11-19(8-10-23(16)21)15(20)18-13-5-3-12(4-6-13)14-17-7-9-22-14/h3-7,9H,8,10-11H2,1-2H3,(H,18,20)/t23-/m1/s1. The summed E-state index contributed by atoms with van der Waals surface area (Å²) in [5.74, 6) is 0.531. The number of anilines is 1. The van der Waals surface area contributed by atoms with Gasteiger partial charge in [-0.15, -0.1) is 11.3 Å². The summed E-state index contributed by atoms with van der Waals surface area (Å²) >= 11 is 1.58. The Kier molecular flexibility index (Phi) is 4.50. The number of aromatic nitrogens is 1. The number of amides is 2. The van der Waals surface area contributed by atoms with Crippen molar-refractivity contribution in [2.45, 2.75) is 18.6 Å². The Morgan fingerprint density at radius 3 is 2.70 bits per heavy atom. The second kappa shape index (κ2) is 6.41. The number of nitrogens with one attached hydrogen (secondary N) is 1. The molecule has 0 spiro atoms. The molecule has 23 heavy (non-hydrogen) atoms. The molecule has 1 fully saturated rings. The van der Waals surface area contributed by atoms with E-state index in [1.165, 1.54) is 0 Å². The summed E-state index contributed by atoms with van der Waals surface area (Å²) in [5, 5.41) is 5.81. The van der Waals surface area contributed by atoms with Crippen molar-refractivity contribution < 1.29 is 9.00 Å². The van der Waals surface area contributed by atoms with Crippen LogP contribution in [0.2, 0.25) is 0 Å². The second-order valence-electron chi connectivity index (χ2n) is 6.08. The third kappa shape index (κ3) is 3.61. The molecule has 1 saturated heterocycles. The lowest BCUT2D eigenvalue weighted by molar-refractivity contribution is 0.207. The monoisotopic (exact) mass is 349 g/mol. The fourth-order valence-electron chi connectivity index (χ4n) is 2.52. The van der Waals surface area contributed by atoms with Crippen LogP contribution in [0.1, 0.15) is 13.8 Å². The Labute approximate surface area is 142 Å². The van der Waals surface area contributed by atoms with E-state index < -0.39 is 10.8 Å². The van der Waals surface area contributed by atoms with Gasteiger partial charge in [-0.3, -0.25) is 4.21 Å². The highest BCUT2D eigenvalue weighted by Gasteiger charge is 2.35. The van der Waals surface area contributed by atoms with Crippen LogP contribution in [0.15, 0.2) is 35.8 Å². The predicted molar refractivity (Wildman–Crippen MR) is 95.2 cm³/mol. The molecule has 2 heterocycles. The molecule has 2 amide bonds. The molecular formula is C16H19N3O2S2. The maximum Gasteiger partial charge on any atom is 0.321 e. The van der Waals surface area contributed by atoms with Crippen molar-refractivity contribution in [2.75, 3.05) is 24.2 Å². The van der Waals surface area contributed by atoms with Gasteiger partial charge in [-0.25, -0.2) is 9.78 Å². The maximum atomic E-state index is 12.4. The highest BCUT2D eigenvalue weighted by Crippen LogP contribution is 2.24. The number of urea groups is 1. The van der Waals surface area contributed by atoms with Crippen LogP contribution in [0.3, 0.4) is 0 Å². The summed E-state index contributed by atoms with van der Waals surface area (Å²) in [4.78, 5) is 18.4. The van der Waals surface area contributed by atoms with Gasteiger partial charge >= 0.3 is 6.03 Å². The van der Waals surface area contributed by atoms with E-state index in [1.807, 2.05) is 43.5 Å². The van der Waals surface area contributed by atoms with Gasteiger partial charge in [0, 0.05) is 52.5 Å². The molecule has 0 radical (unpaired) electrons. The van der Waals surface area contributed by atoms with Gasteiger partial charge in [-0.05, 0) is 38.1 Å². The molecular weight excluding hydrogens is 330 g/mol. The van der Waals surface area contributed by atoms with Gasteiger partial charge in [-0.2, -0.15) is 0 Å². The lowest BCUT2D eigenvalue weighted by atomic mass is 10.2. The predicted octanol–water partition coefficient (Wildman–Crippen LogP) is 3.18. The molecule has 0 aliphatic carbocycles. The molecule has 2 aromatic rings. The number of carbonyl (C=O) groups is 1. The van der Waals surface area contributed by atoms with Crippen molar-refractivity contribution in [3.63, 3.8) is 0 Å². The summed E-state index contributed by atoms with van der Waals surface area (Å²) in [6.07, 6.45) is 1.78. The number of thiazole rings is 1. The fourth-order valence-corrected chi connectivity index (χ4v) is 4.40. The molecule has 7 heteroatoms. The number of rotatable bonds is 2. The topological polar surface area (TPSA) is 62.3 Å². The first kappa shape index (κ1) is 16.1. The van der Waals surface area contributed by atoms with Crippen LogP contribution in [-0.4, -0.2) is 43.7 Å². The first-order valence-corrected chi connectivity index (χ1v) is 9.60. The zero-order chi connectivity index (χ0) is 16.4. The summed E-state index contributed by atoms with van der Waals surface area (Å²) in [6, 6.07) is 7.51. The van der Waals surface area contributed by atoms with E-state index in [1.54, 1.807) is 22.4 Å². The van der Waals surface area contributed by atoms with Crippen LogP contribution < -0.4 is 5.32 Å². The minimum atomic E-state index is -0.882. The van der Waals surface area contributed by atoms with Gasteiger partial charge in [-0.1, -0.05) is 0 Å². The maximum absolute atomic E-state index is 12.4. The zero-order valence-electron chi connectivity index (χ0n) is 13.1. The highest BCUT2D eigenvalue weighted by molar-refractivity contribution is 7.86. The molecule has 1 aliphatic rings. The molecule has 0 saturated carbocycles. The van der Waals surface area contributed by atoms with Crippen LogP contribution in [0.5, 0.6) is 0 Å². The Morgan fingerprint density at radius 1 is 1.35 bits per heavy atom. The molecule has 1 atom stereocenters. The fraction of sp³-hybridized carbons (Fsp3) is 0.375.